The first-order chi connectivity index (χ1) is 8.88. The summed E-state index contributed by atoms with van der Waals surface area (Å²) in [4.78, 5) is 25.8. The molecule has 0 bridgehead atoms. The Labute approximate surface area is 116 Å². The van der Waals surface area contributed by atoms with Crippen molar-refractivity contribution in [3.63, 3.8) is 0 Å². The van der Waals surface area contributed by atoms with Gasteiger partial charge in [-0.05, 0) is 40.0 Å². The highest BCUT2D eigenvalue weighted by Crippen LogP contribution is 2.14. The Bertz CT molecular complexity index is 323. The van der Waals surface area contributed by atoms with E-state index in [1.54, 1.807) is 7.05 Å². The Morgan fingerprint density at radius 3 is 2.32 bits per heavy atom. The molecule has 0 aromatic rings. The molecule has 1 aliphatic rings. The van der Waals surface area contributed by atoms with Gasteiger partial charge >= 0.3 is 0 Å². The fourth-order valence-electron chi connectivity index (χ4n) is 2.30. The van der Waals surface area contributed by atoms with Crippen LogP contribution in [0.15, 0.2) is 0 Å². The van der Waals surface area contributed by atoms with Crippen LogP contribution >= 0.6 is 0 Å². The van der Waals surface area contributed by atoms with Gasteiger partial charge in [-0.3, -0.25) is 9.59 Å². The Morgan fingerprint density at radius 1 is 1.21 bits per heavy atom. The lowest BCUT2D eigenvalue weighted by atomic mass is 9.92. The Kier molecular flexibility index (Phi) is 5.79. The van der Waals surface area contributed by atoms with Gasteiger partial charge in [0.25, 0.3) is 0 Å². The molecule has 0 spiro atoms. The number of nitrogens with zero attached hydrogens (tertiary/aromatic N) is 1. The van der Waals surface area contributed by atoms with Gasteiger partial charge in [0, 0.05) is 26.7 Å². The molecule has 1 unspecified atom stereocenters. The van der Waals surface area contributed by atoms with Gasteiger partial charge in [-0.1, -0.05) is 0 Å². The molecule has 19 heavy (non-hydrogen) atoms. The number of nitrogens with one attached hydrogen (secondary N) is 2. The Hall–Kier alpha value is -1.10. The van der Waals surface area contributed by atoms with Crippen LogP contribution in [0.4, 0.5) is 0 Å². The highest BCUT2D eigenvalue weighted by molar-refractivity contribution is 5.83. The van der Waals surface area contributed by atoms with E-state index in [9.17, 15) is 9.59 Å². The molecule has 0 saturated carbocycles. The largest absolute Gasteiger partial charge is 0.359 e. The number of carbonyl (C=O) groups is 2. The number of hydrogen-bond acceptors (Lipinski definition) is 3. The van der Waals surface area contributed by atoms with Crippen molar-refractivity contribution in [2.45, 2.75) is 46.1 Å². The molecule has 1 rings (SSSR count). The van der Waals surface area contributed by atoms with Crippen LogP contribution < -0.4 is 10.6 Å². The molecule has 0 aromatic heterocycles. The lowest BCUT2D eigenvalue weighted by molar-refractivity contribution is -0.135. The minimum atomic E-state index is -0.509. The van der Waals surface area contributed by atoms with Gasteiger partial charge in [0.1, 0.15) is 0 Å². The molecule has 5 heteroatoms. The molecular formula is C14H27N3O2. The molecule has 110 valence electrons. The topological polar surface area (TPSA) is 61.4 Å². The number of amides is 2. The molecule has 5 nitrogen and oxygen atoms in total. The van der Waals surface area contributed by atoms with E-state index in [0.717, 1.165) is 25.9 Å². The van der Waals surface area contributed by atoms with E-state index in [4.69, 9.17) is 0 Å². The summed E-state index contributed by atoms with van der Waals surface area (Å²) in [6.45, 7) is 7.84. The van der Waals surface area contributed by atoms with Crippen LogP contribution in [-0.4, -0.2) is 49.4 Å². The summed E-state index contributed by atoms with van der Waals surface area (Å²) in [5.74, 6) is 0.130. The van der Waals surface area contributed by atoms with Crippen molar-refractivity contribution >= 4 is 11.8 Å². The summed E-state index contributed by atoms with van der Waals surface area (Å²) in [6, 6.07) is -0.234. The van der Waals surface area contributed by atoms with Crippen molar-refractivity contribution in [3.8, 4) is 0 Å². The summed E-state index contributed by atoms with van der Waals surface area (Å²) < 4.78 is 0. The zero-order valence-electron chi connectivity index (χ0n) is 12.6. The number of piperidine rings is 1. The molecule has 0 aliphatic carbocycles. The van der Waals surface area contributed by atoms with Crippen LogP contribution in [-0.2, 0) is 9.59 Å². The van der Waals surface area contributed by atoms with Crippen molar-refractivity contribution < 1.29 is 9.59 Å². The fraction of sp³-hybridized carbons (Fsp3) is 0.857. The van der Waals surface area contributed by atoms with Gasteiger partial charge in [-0.25, -0.2) is 0 Å². The lowest BCUT2D eigenvalue weighted by Crippen LogP contribution is -2.50. The number of likely N-dealkylation sites (tertiary alicyclic amines) is 1. The second-order valence-corrected chi connectivity index (χ2v) is 5.95. The van der Waals surface area contributed by atoms with Crippen molar-refractivity contribution in [2.75, 3.05) is 26.7 Å². The summed E-state index contributed by atoms with van der Waals surface area (Å²) in [5.41, 5.74) is -0.509. The molecule has 0 aromatic carbocycles. The highest BCUT2D eigenvalue weighted by atomic mass is 16.2. The average Bonchev–Trinajstić information content (AvgIpc) is 2.43. The second-order valence-electron chi connectivity index (χ2n) is 5.95. The third-order valence-corrected chi connectivity index (χ3v) is 3.73. The zero-order chi connectivity index (χ0) is 14.5. The zero-order valence-corrected chi connectivity index (χ0v) is 12.6. The van der Waals surface area contributed by atoms with E-state index < -0.39 is 5.41 Å². The quantitative estimate of drug-likeness (QED) is 0.774. The van der Waals surface area contributed by atoms with E-state index in [2.05, 4.69) is 10.6 Å². The van der Waals surface area contributed by atoms with Crippen molar-refractivity contribution in [1.29, 1.82) is 0 Å². The normalized spacial score (nSPS) is 18.0. The van der Waals surface area contributed by atoms with Crippen LogP contribution in [0.1, 0.15) is 40.0 Å². The molecule has 1 fully saturated rings. The predicted molar refractivity (Wildman–Crippen MR) is 75.7 cm³/mol. The molecular weight excluding hydrogens is 242 g/mol. The van der Waals surface area contributed by atoms with E-state index in [1.807, 2.05) is 25.7 Å². The average molecular weight is 269 g/mol. The van der Waals surface area contributed by atoms with E-state index in [1.165, 1.54) is 6.42 Å². The van der Waals surface area contributed by atoms with Crippen LogP contribution in [0.2, 0.25) is 0 Å². The Morgan fingerprint density at radius 2 is 1.79 bits per heavy atom. The van der Waals surface area contributed by atoms with Crippen molar-refractivity contribution in [2.24, 2.45) is 5.41 Å². The lowest BCUT2D eigenvalue weighted by Gasteiger charge is -2.31. The monoisotopic (exact) mass is 269 g/mol. The smallest absolute Gasteiger partial charge is 0.239 e. The standard InChI is InChI=1S/C14H27N3O2/c1-11(12(18)17-8-6-5-7-9-17)16-10-14(2,3)13(19)15-4/h11,16H,5-10H2,1-4H3,(H,15,19). The van der Waals surface area contributed by atoms with Gasteiger partial charge in [-0.15, -0.1) is 0 Å². The van der Waals surface area contributed by atoms with Gasteiger partial charge < -0.3 is 15.5 Å². The summed E-state index contributed by atoms with van der Waals surface area (Å²) in [7, 11) is 1.63. The second kappa shape index (κ2) is 6.89. The minimum Gasteiger partial charge on any atom is -0.359 e. The Balaban J connectivity index is 2.43. The van der Waals surface area contributed by atoms with E-state index in [-0.39, 0.29) is 17.9 Å². The van der Waals surface area contributed by atoms with Crippen molar-refractivity contribution in [3.05, 3.63) is 0 Å². The fourth-order valence-corrected chi connectivity index (χ4v) is 2.30. The van der Waals surface area contributed by atoms with Crippen LogP contribution in [0.3, 0.4) is 0 Å². The third-order valence-electron chi connectivity index (χ3n) is 3.73. The molecule has 2 amide bonds. The minimum absolute atomic E-state index is 0.0161. The number of rotatable bonds is 5. The highest BCUT2D eigenvalue weighted by Gasteiger charge is 2.29. The first kappa shape index (κ1) is 16.0. The number of carbonyl (C=O) groups excluding carboxylic acids is 2. The molecule has 1 aliphatic heterocycles. The van der Waals surface area contributed by atoms with Crippen molar-refractivity contribution in [1.82, 2.24) is 15.5 Å². The van der Waals surface area contributed by atoms with Gasteiger partial charge in [0.05, 0.1) is 11.5 Å². The maximum Gasteiger partial charge on any atom is 0.239 e. The maximum atomic E-state index is 12.2. The van der Waals surface area contributed by atoms with E-state index >= 15 is 0 Å². The summed E-state index contributed by atoms with van der Waals surface area (Å²) in [5, 5.41) is 5.83. The van der Waals surface area contributed by atoms with Crippen LogP contribution in [0, 0.1) is 5.41 Å². The van der Waals surface area contributed by atoms with Crippen LogP contribution in [0.5, 0.6) is 0 Å². The maximum absolute atomic E-state index is 12.2. The first-order valence-corrected chi connectivity index (χ1v) is 7.13. The number of hydrogen-bond donors (Lipinski definition) is 2. The first-order valence-electron chi connectivity index (χ1n) is 7.13. The summed E-state index contributed by atoms with van der Waals surface area (Å²) >= 11 is 0. The van der Waals surface area contributed by atoms with E-state index in [0.29, 0.717) is 6.54 Å². The molecule has 1 saturated heterocycles. The molecule has 0 radical (unpaired) electrons. The third kappa shape index (κ3) is 4.49. The van der Waals surface area contributed by atoms with Gasteiger partial charge in [-0.2, -0.15) is 0 Å². The van der Waals surface area contributed by atoms with Gasteiger partial charge in [0.15, 0.2) is 0 Å². The molecule has 2 N–H and O–H groups in total. The SMILES string of the molecule is CNC(=O)C(C)(C)CNC(C)C(=O)N1CCCCC1. The molecule has 1 heterocycles. The van der Waals surface area contributed by atoms with Crippen LogP contribution in [0.25, 0.3) is 0 Å². The molecule has 1 atom stereocenters. The summed E-state index contributed by atoms with van der Waals surface area (Å²) in [6.07, 6.45) is 3.42. The van der Waals surface area contributed by atoms with Gasteiger partial charge in [0.2, 0.25) is 11.8 Å². The predicted octanol–water partition coefficient (Wildman–Crippen LogP) is 0.749.